The fraction of sp³-hybridized carbons (Fsp3) is 0.448. The fourth-order valence-corrected chi connectivity index (χ4v) is 5.13. The Morgan fingerprint density at radius 3 is 2.25 bits per heavy atom. The van der Waals surface area contributed by atoms with Crippen LogP contribution in [0.3, 0.4) is 0 Å². The number of anilines is 2. The Morgan fingerprint density at radius 1 is 0.979 bits per heavy atom. The summed E-state index contributed by atoms with van der Waals surface area (Å²) in [5, 5.41) is 68.5. The van der Waals surface area contributed by atoms with Gasteiger partial charge in [-0.15, -0.1) is 0 Å². The molecule has 0 unspecified atom stereocenters. The Morgan fingerprint density at radius 2 is 1.69 bits per heavy atom. The third kappa shape index (κ3) is 8.32. The van der Waals surface area contributed by atoms with Gasteiger partial charge in [0.1, 0.15) is 11.4 Å². The molecule has 0 aromatic carbocycles. The van der Waals surface area contributed by atoms with Crippen LogP contribution >= 0.6 is 0 Å². The molecule has 19 heteroatoms. The predicted octanol–water partition coefficient (Wildman–Crippen LogP) is -0.166. The van der Waals surface area contributed by atoms with Gasteiger partial charge in [-0.05, 0) is 45.6 Å². The Labute approximate surface area is 274 Å². The number of aliphatic hydroxyl groups is 6. The molecule has 1 aliphatic carbocycles. The molecule has 5 rings (SSSR count). The lowest BCUT2D eigenvalue weighted by atomic mass is 9.90. The number of carbonyl (C=O) groups excluding carboxylic acids is 1. The number of nitrogens with zero attached hydrogens (tertiary/aromatic N) is 9. The molecule has 0 bridgehead atoms. The maximum Gasteiger partial charge on any atom is 0.323 e. The number of hydrogen-bond acceptors (Lipinski definition) is 16. The Kier molecular flexibility index (Phi) is 10.1. The predicted molar refractivity (Wildman–Crippen MR) is 167 cm³/mol. The number of amides is 2. The molecular weight excluding hydrogens is 630 g/mol. The molecule has 0 atom stereocenters. The van der Waals surface area contributed by atoms with Gasteiger partial charge in [0.15, 0.2) is 5.82 Å². The van der Waals surface area contributed by atoms with Crippen LogP contribution in [0.2, 0.25) is 0 Å². The number of urea groups is 1. The van der Waals surface area contributed by atoms with Crippen LogP contribution in [0.1, 0.15) is 51.5 Å². The van der Waals surface area contributed by atoms with E-state index in [1.54, 1.807) is 26.2 Å². The van der Waals surface area contributed by atoms with Gasteiger partial charge in [-0.3, -0.25) is 9.88 Å². The minimum atomic E-state index is -3.29. The minimum absolute atomic E-state index is 0.00983. The van der Waals surface area contributed by atoms with Crippen LogP contribution in [-0.4, -0.2) is 108 Å². The largest absolute Gasteiger partial charge is 0.467 e. The van der Waals surface area contributed by atoms with Crippen LogP contribution in [-0.2, 0) is 5.97 Å². The highest BCUT2D eigenvalue weighted by molar-refractivity contribution is 5.91. The molecule has 19 nitrogen and oxygen atoms in total. The highest BCUT2D eigenvalue weighted by Crippen LogP contribution is 2.31. The zero-order valence-electron chi connectivity index (χ0n) is 26.3. The molecule has 0 spiro atoms. The monoisotopic (exact) mass is 667 g/mol. The molecule has 0 saturated heterocycles. The van der Waals surface area contributed by atoms with Gasteiger partial charge in [0, 0.05) is 49.0 Å². The average molecular weight is 668 g/mol. The summed E-state index contributed by atoms with van der Waals surface area (Å²) in [5.74, 6) is -2.87. The first-order valence-corrected chi connectivity index (χ1v) is 14.9. The van der Waals surface area contributed by atoms with Gasteiger partial charge in [-0.25, -0.2) is 34.4 Å². The van der Waals surface area contributed by atoms with Crippen molar-refractivity contribution < 1.29 is 40.2 Å². The Balaban J connectivity index is 1.32. The van der Waals surface area contributed by atoms with Crippen molar-refractivity contribution in [1.29, 1.82) is 0 Å². The molecule has 4 heterocycles. The van der Waals surface area contributed by atoms with E-state index in [-0.39, 0.29) is 42.0 Å². The average Bonchev–Trinajstić information content (AvgIpc) is 3.55. The van der Waals surface area contributed by atoms with Crippen LogP contribution in [0.25, 0.3) is 22.6 Å². The smallest absolute Gasteiger partial charge is 0.323 e. The summed E-state index contributed by atoms with van der Waals surface area (Å²) in [4.78, 5) is 40.6. The SMILES string of the molecule is COc1ncc(-c2cnc(N(C(=O)NCC(C)(C)O)C3CCC(Nc4ncc(C(O)(O)O)c(-c5ccn(C(O)O)n5)n4)CC3)cn2)cn1. The highest BCUT2D eigenvalue weighted by atomic mass is 16.7. The molecule has 1 saturated carbocycles. The second kappa shape index (κ2) is 14.1. The van der Waals surface area contributed by atoms with Gasteiger partial charge in [0.05, 0.1) is 36.4 Å². The summed E-state index contributed by atoms with van der Waals surface area (Å²) in [5.41, 5.74) is -0.622. The van der Waals surface area contributed by atoms with E-state index in [9.17, 15) is 35.4 Å². The second-order valence-corrected chi connectivity index (χ2v) is 11.8. The fourth-order valence-electron chi connectivity index (χ4n) is 5.13. The Hall–Kier alpha value is -4.92. The van der Waals surface area contributed by atoms with Crippen molar-refractivity contribution in [1.82, 2.24) is 45.0 Å². The van der Waals surface area contributed by atoms with E-state index in [1.807, 2.05) is 0 Å². The number of ether oxygens (including phenoxy) is 1. The summed E-state index contributed by atoms with van der Waals surface area (Å²) in [6, 6.07) is 0.693. The molecule has 2 amide bonds. The normalized spacial score (nSPS) is 16.9. The molecule has 4 aromatic heterocycles. The van der Waals surface area contributed by atoms with Crippen LogP contribution < -0.4 is 20.3 Å². The number of methoxy groups -OCH3 is 1. The molecule has 0 aliphatic heterocycles. The number of aromatic nitrogens is 8. The van der Waals surface area contributed by atoms with Gasteiger partial charge in [0.2, 0.25) is 5.95 Å². The van der Waals surface area contributed by atoms with Gasteiger partial charge >= 0.3 is 18.0 Å². The van der Waals surface area contributed by atoms with Gasteiger partial charge in [-0.1, -0.05) is 0 Å². The number of nitrogens with one attached hydrogen (secondary N) is 2. The first-order chi connectivity index (χ1) is 22.7. The topological polar surface area (TPSA) is 270 Å². The first-order valence-electron chi connectivity index (χ1n) is 14.9. The van der Waals surface area contributed by atoms with Crippen molar-refractivity contribution in [2.75, 3.05) is 23.9 Å². The zero-order valence-corrected chi connectivity index (χ0v) is 26.3. The van der Waals surface area contributed by atoms with Gasteiger partial charge in [-0.2, -0.15) is 5.10 Å². The van der Waals surface area contributed by atoms with E-state index >= 15 is 0 Å². The first kappa shape index (κ1) is 34.4. The van der Waals surface area contributed by atoms with Crippen LogP contribution in [0.15, 0.2) is 43.2 Å². The van der Waals surface area contributed by atoms with E-state index < -0.39 is 29.6 Å². The lowest BCUT2D eigenvalue weighted by molar-refractivity contribution is -0.323. The molecule has 1 fully saturated rings. The third-order valence-electron chi connectivity index (χ3n) is 7.52. The summed E-state index contributed by atoms with van der Waals surface area (Å²) in [6.45, 7) is 3.18. The van der Waals surface area contributed by atoms with Gasteiger partial charge in [0.25, 0.3) is 6.41 Å². The minimum Gasteiger partial charge on any atom is -0.467 e. The molecule has 4 aromatic rings. The maximum absolute atomic E-state index is 13.5. The summed E-state index contributed by atoms with van der Waals surface area (Å²) in [6.07, 6.45) is 8.67. The highest BCUT2D eigenvalue weighted by Gasteiger charge is 2.33. The van der Waals surface area contributed by atoms with E-state index in [1.165, 1.54) is 36.7 Å². The van der Waals surface area contributed by atoms with Crippen LogP contribution in [0.5, 0.6) is 6.01 Å². The molecule has 8 N–H and O–H groups in total. The van der Waals surface area contributed by atoms with Gasteiger partial charge < -0.3 is 46.0 Å². The van der Waals surface area contributed by atoms with E-state index in [0.717, 1.165) is 10.9 Å². The van der Waals surface area contributed by atoms with E-state index in [0.29, 0.717) is 42.8 Å². The van der Waals surface area contributed by atoms with Crippen molar-refractivity contribution in [2.24, 2.45) is 0 Å². The molecule has 48 heavy (non-hydrogen) atoms. The maximum atomic E-state index is 13.5. The summed E-state index contributed by atoms with van der Waals surface area (Å²) < 4.78 is 5.80. The summed E-state index contributed by atoms with van der Waals surface area (Å²) in [7, 11) is 1.46. The molecule has 256 valence electrons. The number of hydrogen-bond donors (Lipinski definition) is 8. The van der Waals surface area contributed by atoms with Crippen LogP contribution in [0, 0.1) is 0 Å². The van der Waals surface area contributed by atoms with E-state index in [4.69, 9.17) is 4.74 Å². The van der Waals surface area contributed by atoms with Crippen molar-refractivity contribution >= 4 is 17.8 Å². The lowest BCUT2D eigenvalue weighted by Crippen LogP contribution is -2.51. The van der Waals surface area contributed by atoms with Crippen molar-refractivity contribution in [2.45, 2.75) is 69.6 Å². The van der Waals surface area contributed by atoms with E-state index in [2.05, 4.69) is 45.6 Å². The standard InChI is InChI=1S/C29H37N11O8/c1-28(2,44)15-35-26(41)40(22-14-30-21(13-31-22)16-10-33-25(48-3)34-11-16)18-6-4-17(5-7-18)36-24-32-12-19(29(45,46)47)23(37-24)20-8-9-39(38-20)27(42)43/h8-14,17-18,27,42-47H,4-7,15H2,1-3H3,(H,35,41)(H,32,36,37). The lowest BCUT2D eigenvalue weighted by Gasteiger charge is -2.36. The second-order valence-electron chi connectivity index (χ2n) is 11.8. The number of aliphatic hydroxyl groups excluding tert-OH is 1. The molecular formula is C29H37N11O8. The number of rotatable bonds is 11. The quantitative estimate of drug-likeness (QED) is 0.0965. The zero-order chi connectivity index (χ0) is 34.6. The van der Waals surface area contributed by atoms with Crippen LogP contribution in [0.4, 0.5) is 16.6 Å². The third-order valence-corrected chi connectivity index (χ3v) is 7.52. The van der Waals surface area contributed by atoms with Crippen molar-refractivity contribution in [3.8, 4) is 28.7 Å². The van der Waals surface area contributed by atoms with Crippen molar-refractivity contribution in [3.63, 3.8) is 0 Å². The van der Waals surface area contributed by atoms with Crippen molar-refractivity contribution in [3.05, 3.63) is 48.8 Å². The molecule has 0 radical (unpaired) electrons. The summed E-state index contributed by atoms with van der Waals surface area (Å²) >= 11 is 0. The Bertz CT molecular complexity index is 1680. The number of carbonyl (C=O) groups is 1. The molecule has 1 aliphatic rings.